The number of hydrogen-bond donors (Lipinski definition) is 0. The molecule has 1 nitrogen and oxygen atoms in total. The maximum absolute atomic E-state index is 9.97. The average Bonchev–Trinajstić information content (AvgIpc) is 3.74. The van der Waals surface area contributed by atoms with Gasteiger partial charge in [0.25, 0.3) is 0 Å². The first-order valence-corrected chi connectivity index (χ1v) is 22.5. The van der Waals surface area contributed by atoms with Gasteiger partial charge in [-0.25, -0.2) is 0 Å². The SMILES string of the molecule is [2H]c1c([2H])c(N(c2ccc(-c3cccc(-c4cccc5ccccc45)c3)cc2)c2cccc3c2-c2ccccc2C3(c2ccccc2)c2ccccc2)c([2H])c([2H])c1-c1cccc(-c2ccccc2)c1. The smallest absolute Gasteiger partial charge is 0.0714 e. The Hall–Kier alpha value is -8.52. The van der Waals surface area contributed by atoms with Gasteiger partial charge in [-0.05, 0) is 126 Å². The Morgan fingerprint density at radius 1 is 0.318 bits per heavy atom. The molecule has 0 saturated carbocycles. The van der Waals surface area contributed by atoms with Crippen molar-refractivity contribution in [2.24, 2.45) is 0 Å². The number of anilines is 3. The third-order valence-corrected chi connectivity index (χ3v) is 13.2. The molecule has 0 saturated heterocycles. The van der Waals surface area contributed by atoms with E-state index in [9.17, 15) is 5.48 Å². The molecule has 1 aliphatic carbocycles. The van der Waals surface area contributed by atoms with Crippen LogP contribution in [0.2, 0.25) is 0 Å². The molecule has 1 aliphatic rings. The van der Waals surface area contributed by atoms with Crippen molar-refractivity contribution in [3.05, 3.63) is 295 Å². The zero-order valence-corrected chi connectivity index (χ0v) is 36.1. The van der Waals surface area contributed by atoms with Gasteiger partial charge in [0.15, 0.2) is 0 Å². The normalized spacial score (nSPS) is 13.2. The van der Waals surface area contributed by atoms with Gasteiger partial charge >= 0.3 is 0 Å². The van der Waals surface area contributed by atoms with Crippen molar-refractivity contribution in [3.8, 4) is 55.6 Å². The first kappa shape index (κ1) is 34.9. The molecule has 1 heteroatoms. The molecular formula is C65H45N. The molecule has 0 unspecified atom stereocenters. The van der Waals surface area contributed by atoms with Crippen LogP contribution in [-0.4, -0.2) is 0 Å². The molecule has 0 spiro atoms. The van der Waals surface area contributed by atoms with Gasteiger partial charge in [-0.2, -0.15) is 0 Å². The van der Waals surface area contributed by atoms with Gasteiger partial charge in [-0.15, -0.1) is 0 Å². The molecule has 0 bridgehead atoms. The minimum atomic E-state index is -0.697. The predicted octanol–water partition coefficient (Wildman–Crippen LogP) is 17.3. The van der Waals surface area contributed by atoms with Gasteiger partial charge in [-0.1, -0.05) is 230 Å². The van der Waals surface area contributed by atoms with Crippen LogP contribution in [0.25, 0.3) is 66.4 Å². The zero-order valence-electron chi connectivity index (χ0n) is 40.1. The molecule has 0 fully saturated rings. The van der Waals surface area contributed by atoms with E-state index in [0.717, 1.165) is 66.9 Å². The van der Waals surface area contributed by atoms with Crippen molar-refractivity contribution in [3.63, 3.8) is 0 Å². The fourth-order valence-corrected chi connectivity index (χ4v) is 10.2. The standard InChI is InChI=1S/C65H45N/c1-4-18-46(19-5-1)50-22-14-23-51(44-50)47-36-40-56(41-37-47)66(57-42-38-48(39-43-57)52-24-15-25-53(45-52)59-32-16-21-49-20-10-11-30-58(49)59)63-35-17-34-62-64(63)60-31-12-13-33-61(60)65(62,54-26-6-2-7-27-54)55-28-8-3-9-29-55/h1-45H/i36D,37D,40D,41D. The molecule has 0 radical (unpaired) electrons. The molecular weight excluding hydrogens is 795 g/mol. The van der Waals surface area contributed by atoms with Crippen molar-refractivity contribution in [1.82, 2.24) is 0 Å². The highest BCUT2D eigenvalue weighted by Crippen LogP contribution is 2.59. The summed E-state index contributed by atoms with van der Waals surface area (Å²) in [5.74, 6) is 0. The monoisotopic (exact) mass is 843 g/mol. The van der Waals surface area contributed by atoms with Crippen molar-refractivity contribution in [2.45, 2.75) is 5.41 Å². The summed E-state index contributed by atoms with van der Waals surface area (Å²) in [6, 6.07) is 85.3. The summed E-state index contributed by atoms with van der Waals surface area (Å²) in [6.45, 7) is 0. The molecule has 0 N–H and O–H groups in total. The third kappa shape index (κ3) is 6.64. The van der Waals surface area contributed by atoms with E-state index in [4.69, 9.17) is 0 Å². The number of hydrogen-bond acceptors (Lipinski definition) is 1. The fourth-order valence-electron chi connectivity index (χ4n) is 10.2. The Morgan fingerprint density at radius 3 is 1.52 bits per heavy atom. The van der Waals surface area contributed by atoms with Crippen LogP contribution in [0.15, 0.2) is 273 Å². The van der Waals surface area contributed by atoms with Crippen molar-refractivity contribution in [2.75, 3.05) is 4.90 Å². The maximum Gasteiger partial charge on any atom is 0.0714 e. The molecule has 0 atom stereocenters. The molecule has 0 aromatic heterocycles. The van der Waals surface area contributed by atoms with Crippen LogP contribution in [0, 0.1) is 0 Å². The minimum absolute atomic E-state index is 0.107. The van der Waals surface area contributed by atoms with Crippen LogP contribution in [0.1, 0.15) is 27.7 Å². The summed E-state index contributed by atoms with van der Waals surface area (Å²) in [4.78, 5) is 1.96. The lowest BCUT2D eigenvalue weighted by Gasteiger charge is -2.34. The molecule has 66 heavy (non-hydrogen) atoms. The molecule has 12 rings (SSSR count). The molecule has 0 aliphatic heterocycles. The Bertz CT molecular complexity index is 3680. The molecule has 11 aromatic carbocycles. The first-order valence-electron chi connectivity index (χ1n) is 24.5. The summed E-state index contributed by atoms with van der Waals surface area (Å²) >= 11 is 0. The summed E-state index contributed by atoms with van der Waals surface area (Å²) in [5, 5.41) is 2.39. The van der Waals surface area contributed by atoms with Gasteiger partial charge in [0, 0.05) is 16.9 Å². The van der Waals surface area contributed by atoms with Crippen molar-refractivity contribution < 1.29 is 5.48 Å². The van der Waals surface area contributed by atoms with E-state index in [0.29, 0.717) is 11.3 Å². The highest BCUT2D eigenvalue weighted by atomic mass is 15.1. The number of nitrogens with zero attached hydrogens (tertiary/aromatic N) is 1. The topological polar surface area (TPSA) is 3.24 Å². The lowest BCUT2D eigenvalue weighted by molar-refractivity contribution is 0.768. The van der Waals surface area contributed by atoms with E-state index in [1.54, 1.807) is 0 Å². The molecule has 0 amide bonds. The van der Waals surface area contributed by atoms with Gasteiger partial charge in [0.2, 0.25) is 0 Å². The molecule has 310 valence electrons. The summed E-state index contributed by atoms with van der Waals surface area (Å²) in [5.41, 5.74) is 14.6. The third-order valence-electron chi connectivity index (χ3n) is 13.2. The quantitative estimate of drug-likeness (QED) is 0.140. The highest BCUT2D eigenvalue weighted by molar-refractivity contribution is 5.99. The van der Waals surface area contributed by atoms with Crippen LogP contribution in [0.3, 0.4) is 0 Å². The Kier molecular flexibility index (Phi) is 8.75. The Labute approximate surface area is 392 Å². The zero-order chi connectivity index (χ0) is 47.3. The van der Waals surface area contributed by atoms with Gasteiger partial charge in [0.1, 0.15) is 0 Å². The minimum Gasteiger partial charge on any atom is -0.310 e. The van der Waals surface area contributed by atoms with Gasteiger partial charge in [0.05, 0.1) is 16.6 Å². The Balaban J connectivity index is 1.08. The van der Waals surface area contributed by atoms with Crippen molar-refractivity contribution in [1.29, 1.82) is 0 Å². The van der Waals surface area contributed by atoms with Crippen LogP contribution in [-0.2, 0) is 5.41 Å². The van der Waals surface area contributed by atoms with E-state index in [2.05, 4.69) is 182 Å². The second-order valence-corrected chi connectivity index (χ2v) is 16.9. The largest absolute Gasteiger partial charge is 0.310 e. The second kappa shape index (κ2) is 16.6. The van der Waals surface area contributed by atoms with E-state index in [1.807, 2.05) is 71.6 Å². The maximum atomic E-state index is 9.97. The van der Waals surface area contributed by atoms with Crippen LogP contribution in [0.4, 0.5) is 17.1 Å². The number of benzene rings is 11. The Morgan fingerprint density at radius 2 is 0.803 bits per heavy atom. The number of fused-ring (bicyclic) bond motifs is 4. The molecule has 0 heterocycles. The fraction of sp³-hybridized carbons (Fsp3) is 0.0154. The van der Waals surface area contributed by atoms with Gasteiger partial charge < -0.3 is 4.90 Å². The van der Waals surface area contributed by atoms with E-state index >= 15 is 0 Å². The average molecular weight is 844 g/mol. The summed E-state index contributed by atoms with van der Waals surface area (Å²) in [6.07, 6.45) is 0. The summed E-state index contributed by atoms with van der Waals surface area (Å²) < 4.78 is 39.4. The van der Waals surface area contributed by atoms with Crippen molar-refractivity contribution >= 4 is 27.8 Å². The highest BCUT2D eigenvalue weighted by Gasteiger charge is 2.47. The van der Waals surface area contributed by atoms with Crippen LogP contribution < -0.4 is 4.90 Å². The molecule has 11 aromatic rings. The van der Waals surface area contributed by atoms with Crippen LogP contribution >= 0.6 is 0 Å². The van der Waals surface area contributed by atoms with E-state index in [1.165, 1.54) is 16.3 Å². The number of rotatable bonds is 9. The second-order valence-electron chi connectivity index (χ2n) is 16.9. The predicted molar refractivity (Wildman–Crippen MR) is 278 cm³/mol. The lowest BCUT2D eigenvalue weighted by Crippen LogP contribution is -2.28. The summed E-state index contributed by atoms with van der Waals surface area (Å²) in [7, 11) is 0. The van der Waals surface area contributed by atoms with Gasteiger partial charge in [-0.3, -0.25) is 0 Å². The van der Waals surface area contributed by atoms with E-state index in [-0.39, 0.29) is 35.4 Å². The lowest BCUT2D eigenvalue weighted by atomic mass is 9.68. The first-order chi connectivity index (χ1) is 34.4. The van der Waals surface area contributed by atoms with Crippen LogP contribution in [0.5, 0.6) is 0 Å². The van der Waals surface area contributed by atoms with E-state index < -0.39 is 5.41 Å².